The monoisotopic (exact) mass is 388 g/mol. The van der Waals surface area contributed by atoms with Crippen LogP contribution in [0.3, 0.4) is 0 Å². The van der Waals surface area contributed by atoms with Crippen LogP contribution >= 0.6 is 23.1 Å². The van der Waals surface area contributed by atoms with Gasteiger partial charge in [-0.3, -0.25) is 9.69 Å². The van der Waals surface area contributed by atoms with E-state index in [9.17, 15) is 4.79 Å². The Morgan fingerprint density at radius 2 is 1.96 bits per heavy atom. The van der Waals surface area contributed by atoms with Crippen molar-refractivity contribution in [3.8, 4) is 0 Å². The van der Waals surface area contributed by atoms with Gasteiger partial charge in [-0.15, -0.1) is 16.4 Å². The third kappa shape index (κ3) is 3.88. The summed E-state index contributed by atoms with van der Waals surface area (Å²) in [5, 5.41) is 9.79. The number of thioether (sulfide) groups is 1. The normalized spacial score (nSPS) is 10.9. The summed E-state index contributed by atoms with van der Waals surface area (Å²) in [6.45, 7) is 7.65. The number of thiazole rings is 1. The highest BCUT2D eigenvalue weighted by atomic mass is 32.2. The van der Waals surface area contributed by atoms with E-state index in [0.29, 0.717) is 22.0 Å². The first-order valence-corrected chi connectivity index (χ1v) is 9.85. The van der Waals surface area contributed by atoms with Gasteiger partial charge in [0.1, 0.15) is 0 Å². The number of aromatic nitrogens is 4. The van der Waals surface area contributed by atoms with Crippen LogP contribution in [-0.4, -0.2) is 26.1 Å². The van der Waals surface area contributed by atoms with Crippen molar-refractivity contribution >= 4 is 45.8 Å². The van der Waals surface area contributed by atoms with Crippen molar-refractivity contribution in [1.82, 2.24) is 20.2 Å². The Hall–Kier alpha value is -2.39. The fourth-order valence-corrected chi connectivity index (χ4v) is 4.52. The molecule has 0 aliphatic rings. The second kappa shape index (κ2) is 7.46. The summed E-state index contributed by atoms with van der Waals surface area (Å²) in [7, 11) is 0. The van der Waals surface area contributed by atoms with Crippen LogP contribution in [0.1, 0.15) is 29.3 Å². The zero-order valence-corrected chi connectivity index (χ0v) is 16.7. The Morgan fingerprint density at radius 1 is 1.27 bits per heavy atom. The zero-order valence-electron chi connectivity index (χ0n) is 15.0. The number of anilines is 3. The van der Waals surface area contributed by atoms with Crippen LogP contribution in [0.2, 0.25) is 0 Å². The van der Waals surface area contributed by atoms with Gasteiger partial charge in [0.25, 0.3) is 0 Å². The molecule has 3 aromatic rings. The minimum Gasteiger partial charge on any atom is -0.368 e. The molecule has 0 aliphatic carbocycles. The van der Waals surface area contributed by atoms with Gasteiger partial charge in [-0.05, 0) is 31.9 Å². The van der Waals surface area contributed by atoms with Crippen LogP contribution in [0.25, 0.3) is 0 Å². The number of carbonyl (C=O) groups excluding carboxylic acids is 1. The van der Waals surface area contributed by atoms with Crippen LogP contribution in [0.5, 0.6) is 0 Å². The van der Waals surface area contributed by atoms with Gasteiger partial charge >= 0.3 is 0 Å². The Bertz CT molecular complexity index is 925. The van der Waals surface area contributed by atoms with Crippen molar-refractivity contribution in [1.29, 1.82) is 0 Å². The lowest BCUT2D eigenvalue weighted by Crippen LogP contribution is -2.24. The number of H-pyrrole nitrogens is 1. The quantitative estimate of drug-likeness (QED) is 0.646. The van der Waals surface area contributed by atoms with Gasteiger partial charge in [-0.25, -0.2) is 10.1 Å². The molecule has 0 spiro atoms. The molecule has 0 aliphatic heterocycles. The molecule has 0 atom stereocenters. The summed E-state index contributed by atoms with van der Waals surface area (Å²) >= 11 is 2.89. The average Bonchev–Trinajstić information content (AvgIpc) is 3.17. The SMILES string of the molecule is CC(=O)N(c1nc(CSc2n[nH]c(N)n2)cs1)c1c(C)cc(C)cc1C. The topological polar surface area (TPSA) is 101 Å². The van der Waals surface area contributed by atoms with E-state index in [0.717, 1.165) is 22.5 Å². The van der Waals surface area contributed by atoms with E-state index in [2.05, 4.69) is 39.2 Å². The van der Waals surface area contributed by atoms with Crippen molar-refractivity contribution in [2.24, 2.45) is 0 Å². The summed E-state index contributed by atoms with van der Waals surface area (Å²) in [5.74, 6) is 0.834. The molecule has 26 heavy (non-hydrogen) atoms. The summed E-state index contributed by atoms with van der Waals surface area (Å²) in [4.78, 5) is 22.8. The lowest BCUT2D eigenvalue weighted by molar-refractivity contribution is -0.115. The third-order valence-electron chi connectivity index (χ3n) is 3.74. The lowest BCUT2D eigenvalue weighted by atomic mass is 10.0. The highest BCUT2D eigenvalue weighted by Crippen LogP contribution is 2.35. The van der Waals surface area contributed by atoms with Gasteiger partial charge in [0.2, 0.25) is 17.0 Å². The van der Waals surface area contributed by atoms with Crippen molar-refractivity contribution in [3.05, 3.63) is 39.9 Å². The van der Waals surface area contributed by atoms with E-state index in [1.54, 1.807) is 11.8 Å². The van der Waals surface area contributed by atoms with Gasteiger partial charge in [0.05, 0.1) is 11.4 Å². The zero-order chi connectivity index (χ0) is 18.8. The van der Waals surface area contributed by atoms with E-state index in [1.165, 1.54) is 28.7 Å². The minimum absolute atomic E-state index is 0.0599. The van der Waals surface area contributed by atoms with Crippen LogP contribution in [-0.2, 0) is 10.5 Å². The summed E-state index contributed by atoms with van der Waals surface area (Å²) in [6.07, 6.45) is 0. The molecule has 1 aromatic carbocycles. The molecular formula is C17H20N6OS2. The number of nitrogen functional groups attached to an aromatic ring is 1. The van der Waals surface area contributed by atoms with E-state index >= 15 is 0 Å². The smallest absolute Gasteiger partial charge is 0.230 e. The molecule has 0 unspecified atom stereocenters. The van der Waals surface area contributed by atoms with Crippen molar-refractivity contribution < 1.29 is 4.79 Å². The first-order valence-electron chi connectivity index (χ1n) is 7.98. The predicted molar refractivity (Wildman–Crippen MR) is 106 cm³/mol. The highest BCUT2D eigenvalue weighted by Gasteiger charge is 2.22. The summed E-state index contributed by atoms with van der Waals surface area (Å²) in [6, 6.07) is 4.16. The molecule has 1 amide bonds. The summed E-state index contributed by atoms with van der Waals surface area (Å²) < 4.78 is 0. The van der Waals surface area contributed by atoms with E-state index in [-0.39, 0.29) is 5.91 Å². The molecule has 0 radical (unpaired) electrons. The van der Waals surface area contributed by atoms with Crippen molar-refractivity contribution in [2.75, 3.05) is 10.6 Å². The predicted octanol–water partition coefficient (Wildman–Crippen LogP) is 3.75. The second-order valence-corrected chi connectivity index (χ2v) is 7.79. The maximum absolute atomic E-state index is 12.4. The van der Waals surface area contributed by atoms with Gasteiger partial charge in [0.15, 0.2) is 5.13 Å². The number of aromatic amines is 1. The maximum Gasteiger partial charge on any atom is 0.230 e. The minimum atomic E-state index is -0.0599. The van der Waals surface area contributed by atoms with Gasteiger partial charge in [-0.2, -0.15) is 4.98 Å². The van der Waals surface area contributed by atoms with Crippen LogP contribution in [0.15, 0.2) is 22.7 Å². The van der Waals surface area contributed by atoms with Gasteiger partial charge in [-0.1, -0.05) is 29.5 Å². The molecule has 7 nitrogen and oxygen atoms in total. The fourth-order valence-electron chi connectivity index (χ4n) is 2.84. The number of benzene rings is 1. The van der Waals surface area contributed by atoms with E-state index in [4.69, 9.17) is 5.73 Å². The Balaban J connectivity index is 1.86. The number of nitrogens with two attached hydrogens (primary N) is 1. The molecule has 2 aromatic heterocycles. The number of amides is 1. The molecule has 0 bridgehead atoms. The third-order valence-corrected chi connectivity index (χ3v) is 5.49. The number of rotatable bonds is 5. The van der Waals surface area contributed by atoms with Crippen molar-refractivity contribution in [3.63, 3.8) is 0 Å². The van der Waals surface area contributed by atoms with Crippen LogP contribution < -0.4 is 10.6 Å². The molecule has 3 rings (SSSR count). The van der Waals surface area contributed by atoms with Crippen LogP contribution in [0.4, 0.5) is 16.8 Å². The molecular weight excluding hydrogens is 368 g/mol. The number of carbonyl (C=O) groups is 1. The van der Waals surface area contributed by atoms with Crippen LogP contribution in [0, 0.1) is 20.8 Å². The number of nitrogens with one attached hydrogen (secondary N) is 1. The molecule has 3 N–H and O–H groups in total. The number of nitrogens with zero attached hydrogens (tertiary/aromatic N) is 4. The Kier molecular flexibility index (Phi) is 5.28. The summed E-state index contributed by atoms with van der Waals surface area (Å²) in [5.41, 5.74) is 10.6. The fraction of sp³-hybridized carbons (Fsp3) is 0.294. The number of hydrogen-bond acceptors (Lipinski definition) is 7. The van der Waals surface area contributed by atoms with Crippen molar-refractivity contribution in [2.45, 2.75) is 38.6 Å². The number of aryl methyl sites for hydroxylation is 3. The molecule has 0 fully saturated rings. The molecule has 136 valence electrons. The Morgan fingerprint density at radius 3 is 2.54 bits per heavy atom. The van der Waals surface area contributed by atoms with Gasteiger partial charge in [0, 0.05) is 18.1 Å². The Labute approximate surface area is 160 Å². The number of hydrogen-bond donors (Lipinski definition) is 2. The molecule has 2 heterocycles. The second-order valence-electron chi connectivity index (χ2n) is 6.02. The molecule has 0 saturated heterocycles. The van der Waals surface area contributed by atoms with E-state index in [1.807, 2.05) is 19.2 Å². The standard InChI is InChI=1S/C17H20N6OS2/c1-9-5-10(2)14(11(3)6-9)23(12(4)24)17-19-13(8-26-17)7-25-16-20-15(18)21-22-16/h5-6,8H,7H2,1-4H3,(H3,18,20,21,22). The lowest BCUT2D eigenvalue weighted by Gasteiger charge is -2.23. The molecule has 9 heteroatoms. The first kappa shape index (κ1) is 18.4. The average molecular weight is 389 g/mol. The first-order chi connectivity index (χ1) is 12.3. The highest BCUT2D eigenvalue weighted by molar-refractivity contribution is 7.98. The molecule has 0 saturated carbocycles. The maximum atomic E-state index is 12.4. The van der Waals surface area contributed by atoms with E-state index < -0.39 is 0 Å². The largest absolute Gasteiger partial charge is 0.368 e. The van der Waals surface area contributed by atoms with Gasteiger partial charge < -0.3 is 5.73 Å².